The van der Waals surface area contributed by atoms with Crippen LogP contribution in [0.1, 0.15) is 0 Å². The van der Waals surface area contributed by atoms with Gasteiger partial charge in [-0.1, -0.05) is 6.08 Å². The standard InChI is InChI=1S/C4H8FO3P/c1-3-4-8-9(5,6)7-2/h3H,1,4H2,2H3. The summed E-state index contributed by atoms with van der Waals surface area (Å²) < 4.78 is 30.2. The molecule has 0 saturated heterocycles. The number of hydrogen-bond acceptors (Lipinski definition) is 3. The van der Waals surface area contributed by atoms with Crippen LogP contribution in [-0.4, -0.2) is 13.7 Å². The third-order valence-corrected chi connectivity index (χ3v) is 1.46. The van der Waals surface area contributed by atoms with Crippen LogP contribution in [-0.2, 0) is 13.6 Å². The summed E-state index contributed by atoms with van der Waals surface area (Å²) in [5.74, 6) is 0. The number of hydrogen-bond donors (Lipinski definition) is 0. The van der Waals surface area contributed by atoms with Crippen molar-refractivity contribution in [1.29, 1.82) is 0 Å². The molecule has 0 aliphatic heterocycles. The van der Waals surface area contributed by atoms with Crippen LogP contribution in [0.15, 0.2) is 12.7 Å². The molecule has 9 heavy (non-hydrogen) atoms. The van der Waals surface area contributed by atoms with E-state index in [0.717, 1.165) is 7.11 Å². The van der Waals surface area contributed by atoms with Crippen molar-refractivity contribution in [1.82, 2.24) is 0 Å². The van der Waals surface area contributed by atoms with Crippen LogP contribution in [0.25, 0.3) is 0 Å². The van der Waals surface area contributed by atoms with E-state index in [-0.39, 0.29) is 6.61 Å². The van der Waals surface area contributed by atoms with E-state index in [1.54, 1.807) is 0 Å². The Bertz CT molecular complexity index is 136. The highest BCUT2D eigenvalue weighted by atomic mass is 31.2. The Labute approximate surface area is 53.1 Å². The lowest BCUT2D eigenvalue weighted by Gasteiger charge is -2.02. The maximum Gasteiger partial charge on any atom is 0.513 e. The number of rotatable bonds is 4. The minimum Gasteiger partial charge on any atom is -0.287 e. The minimum atomic E-state index is -4.26. The summed E-state index contributed by atoms with van der Waals surface area (Å²) in [4.78, 5) is 0. The molecule has 0 fully saturated rings. The minimum absolute atomic E-state index is 0.110. The van der Waals surface area contributed by atoms with E-state index < -0.39 is 7.91 Å². The Morgan fingerprint density at radius 1 is 1.89 bits per heavy atom. The normalized spacial score (nSPS) is 16.7. The Balaban J connectivity index is 3.58. The van der Waals surface area contributed by atoms with Crippen molar-refractivity contribution in [3.8, 4) is 0 Å². The highest BCUT2D eigenvalue weighted by molar-refractivity contribution is 7.48. The SMILES string of the molecule is C=CCOP(=O)(F)OC. The maximum atomic E-state index is 12.1. The van der Waals surface area contributed by atoms with Gasteiger partial charge in [0.05, 0.1) is 6.61 Å². The van der Waals surface area contributed by atoms with Crippen LogP contribution in [0.5, 0.6) is 0 Å². The largest absolute Gasteiger partial charge is 0.513 e. The van der Waals surface area contributed by atoms with Crippen molar-refractivity contribution in [2.45, 2.75) is 0 Å². The Kier molecular flexibility index (Phi) is 3.70. The first-order valence-electron chi connectivity index (χ1n) is 2.23. The highest BCUT2D eigenvalue weighted by Gasteiger charge is 2.19. The van der Waals surface area contributed by atoms with Gasteiger partial charge in [-0.2, -0.15) is 0 Å². The molecule has 1 atom stereocenters. The van der Waals surface area contributed by atoms with Crippen LogP contribution < -0.4 is 0 Å². The van der Waals surface area contributed by atoms with E-state index in [1.165, 1.54) is 6.08 Å². The molecule has 1 unspecified atom stereocenters. The van der Waals surface area contributed by atoms with Gasteiger partial charge < -0.3 is 0 Å². The molecule has 0 amide bonds. The van der Waals surface area contributed by atoms with Gasteiger partial charge in [0, 0.05) is 7.11 Å². The molecule has 54 valence electrons. The predicted molar refractivity (Wildman–Crippen MR) is 31.9 cm³/mol. The third-order valence-electron chi connectivity index (χ3n) is 0.565. The fraction of sp³-hybridized carbons (Fsp3) is 0.500. The molecule has 0 aliphatic rings. The molecule has 0 bridgehead atoms. The second kappa shape index (κ2) is 3.77. The Hall–Kier alpha value is -0.180. The van der Waals surface area contributed by atoms with Gasteiger partial charge in [-0.25, -0.2) is 4.57 Å². The summed E-state index contributed by atoms with van der Waals surface area (Å²) in [5, 5.41) is 0. The molecule has 0 aromatic carbocycles. The summed E-state index contributed by atoms with van der Waals surface area (Å²) >= 11 is 0. The third kappa shape index (κ3) is 4.33. The maximum absolute atomic E-state index is 12.1. The Morgan fingerprint density at radius 3 is 2.78 bits per heavy atom. The van der Waals surface area contributed by atoms with Crippen LogP contribution in [0.3, 0.4) is 0 Å². The smallest absolute Gasteiger partial charge is 0.287 e. The molecular weight excluding hydrogens is 146 g/mol. The van der Waals surface area contributed by atoms with Crippen LogP contribution in [0, 0.1) is 0 Å². The lowest BCUT2D eigenvalue weighted by molar-refractivity contribution is 0.219. The second-order valence-electron chi connectivity index (χ2n) is 1.20. The van der Waals surface area contributed by atoms with Gasteiger partial charge in [0.1, 0.15) is 0 Å². The monoisotopic (exact) mass is 154 g/mol. The Morgan fingerprint density at radius 2 is 2.44 bits per heavy atom. The molecule has 0 aromatic rings. The van der Waals surface area contributed by atoms with Crippen LogP contribution in [0.2, 0.25) is 0 Å². The van der Waals surface area contributed by atoms with Gasteiger partial charge >= 0.3 is 7.91 Å². The van der Waals surface area contributed by atoms with Crippen molar-refractivity contribution in [2.24, 2.45) is 0 Å². The van der Waals surface area contributed by atoms with Gasteiger partial charge in [-0.15, -0.1) is 10.8 Å². The van der Waals surface area contributed by atoms with Crippen molar-refractivity contribution in [3.05, 3.63) is 12.7 Å². The predicted octanol–water partition coefficient (Wildman–Crippen LogP) is 1.91. The molecule has 0 aliphatic carbocycles. The molecular formula is C4H8FO3P. The average molecular weight is 154 g/mol. The van der Waals surface area contributed by atoms with E-state index in [2.05, 4.69) is 15.6 Å². The molecule has 0 heterocycles. The first-order valence-corrected chi connectivity index (χ1v) is 3.66. The van der Waals surface area contributed by atoms with Crippen molar-refractivity contribution in [2.75, 3.05) is 13.7 Å². The average Bonchev–Trinajstić information content (AvgIpc) is 1.84. The summed E-state index contributed by atoms with van der Waals surface area (Å²) in [6.07, 6.45) is 1.28. The highest BCUT2D eigenvalue weighted by Crippen LogP contribution is 2.48. The number of halogens is 1. The molecule has 5 heteroatoms. The van der Waals surface area contributed by atoms with E-state index in [1.807, 2.05) is 0 Å². The first kappa shape index (κ1) is 8.82. The fourth-order valence-electron chi connectivity index (χ4n) is 0.194. The van der Waals surface area contributed by atoms with Gasteiger partial charge in [0.15, 0.2) is 0 Å². The molecule has 0 spiro atoms. The molecule has 3 nitrogen and oxygen atoms in total. The summed E-state index contributed by atoms with van der Waals surface area (Å²) in [7, 11) is -3.29. The zero-order valence-electron chi connectivity index (χ0n) is 5.04. The molecule has 0 N–H and O–H groups in total. The summed E-state index contributed by atoms with van der Waals surface area (Å²) in [6, 6.07) is 0. The van der Waals surface area contributed by atoms with E-state index in [4.69, 9.17) is 0 Å². The van der Waals surface area contributed by atoms with Gasteiger partial charge in [0.2, 0.25) is 0 Å². The lowest BCUT2D eigenvalue weighted by Crippen LogP contribution is -1.86. The van der Waals surface area contributed by atoms with Gasteiger partial charge in [0.25, 0.3) is 0 Å². The van der Waals surface area contributed by atoms with E-state index in [9.17, 15) is 8.76 Å². The first-order chi connectivity index (χ1) is 4.12. The fourth-order valence-corrected chi connectivity index (χ4v) is 0.583. The van der Waals surface area contributed by atoms with Gasteiger partial charge in [-0.3, -0.25) is 9.05 Å². The van der Waals surface area contributed by atoms with Crippen molar-refractivity contribution >= 4 is 7.91 Å². The molecule has 0 aromatic heterocycles. The summed E-state index contributed by atoms with van der Waals surface area (Å²) in [6.45, 7) is 3.12. The zero-order chi connectivity index (χ0) is 7.33. The quantitative estimate of drug-likeness (QED) is 0.458. The van der Waals surface area contributed by atoms with Crippen LogP contribution in [0.4, 0.5) is 4.20 Å². The second-order valence-corrected chi connectivity index (χ2v) is 2.68. The molecule has 0 radical (unpaired) electrons. The van der Waals surface area contributed by atoms with E-state index >= 15 is 0 Å². The van der Waals surface area contributed by atoms with Gasteiger partial charge in [-0.05, 0) is 0 Å². The molecule has 0 saturated carbocycles. The van der Waals surface area contributed by atoms with Crippen LogP contribution >= 0.6 is 7.91 Å². The van der Waals surface area contributed by atoms with Crippen molar-refractivity contribution < 1.29 is 17.8 Å². The summed E-state index contributed by atoms with van der Waals surface area (Å²) in [5.41, 5.74) is 0. The lowest BCUT2D eigenvalue weighted by atomic mass is 10.7. The molecule has 0 rings (SSSR count). The van der Waals surface area contributed by atoms with Crippen molar-refractivity contribution in [3.63, 3.8) is 0 Å². The van der Waals surface area contributed by atoms with E-state index in [0.29, 0.717) is 0 Å². The topological polar surface area (TPSA) is 35.5 Å². The zero-order valence-corrected chi connectivity index (χ0v) is 5.94.